The van der Waals surface area contributed by atoms with E-state index >= 15 is 0 Å². The number of carboxylic acids is 1. The highest BCUT2D eigenvalue weighted by Crippen LogP contribution is 2.30. The predicted molar refractivity (Wildman–Crippen MR) is 111 cm³/mol. The van der Waals surface area contributed by atoms with Gasteiger partial charge in [-0.3, -0.25) is 9.48 Å². The quantitative estimate of drug-likeness (QED) is 0.493. The molecule has 0 radical (unpaired) electrons. The standard InChI is InChI=1S/C19H18Cl2N4O5/c1-3-23-12(9-24-10(2)15(8-22-24)25(29)30)7-16(26)17(19(27)28)18(23)11-4-5-13(20)14(21)6-11/h4-8,25,29H,3,9H2,1-2H3,(H,27,28). The molecule has 11 heteroatoms. The lowest BCUT2D eigenvalue weighted by molar-refractivity contribution is -0.991. The van der Waals surface area contributed by atoms with Gasteiger partial charge in [-0.1, -0.05) is 29.3 Å². The summed E-state index contributed by atoms with van der Waals surface area (Å²) in [7, 11) is 0. The number of pyridine rings is 1. The van der Waals surface area contributed by atoms with Crippen LogP contribution in [0.3, 0.4) is 0 Å². The molecule has 0 aliphatic rings. The van der Waals surface area contributed by atoms with E-state index in [1.807, 2.05) is 0 Å². The van der Waals surface area contributed by atoms with Gasteiger partial charge in [0.1, 0.15) is 11.8 Å². The van der Waals surface area contributed by atoms with Crippen LogP contribution in [0.15, 0.2) is 35.3 Å². The number of quaternary nitrogens is 1. The molecule has 0 aliphatic carbocycles. The summed E-state index contributed by atoms with van der Waals surface area (Å²) in [6.07, 6.45) is 1.23. The van der Waals surface area contributed by atoms with Gasteiger partial charge in [0.15, 0.2) is 5.43 Å². The van der Waals surface area contributed by atoms with E-state index in [0.717, 1.165) is 0 Å². The van der Waals surface area contributed by atoms with E-state index in [4.69, 9.17) is 23.2 Å². The second-order valence-electron chi connectivity index (χ2n) is 6.51. The van der Waals surface area contributed by atoms with Crippen LogP contribution >= 0.6 is 23.2 Å². The molecule has 0 saturated heterocycles. The Kier molecular flexibility index (Phi) is 6.30. The van der Waals surface area contributed by atoms with Crippen LogP contribution in [0.4, 0.5) is 5.69 Å². The Balaban J connectivity index is 2.25. The zero-order valence-corrected chi connectivity index (χ0v) is 17.5. The number of aromatic carboxylic acids is 1. The predicted octanol–water partition coefficient (Wildman–Crippen LogP) is 2.50. The molecule has 0 saturated carbocycles. The molecule has 0 fully saturated rings. The Labute approximate surface area is 180 Å². The number of aromatic nitrogens is 3. The summed E-state index contributed by atoms with van der Waals surface area (Å²) in [5.41, 5.74) is 0.481. The van der Waals surface area contributed by atoms with Crippen molar-refractivity contribution >= 4 is 34.9 Å². The number of hydrogen-bond donors (Lipinski definition) is 3. The molecule has 0 bridgehead atoms. The van der Waals surface area contributed by atoms with Crippen molar-refractivity contribution in [3.8, 4) is 11.3 Å². The summed E-state index contributed by atoms with van der Waals surface area (Å²) in [6, 6.07) is 5.85. The van der Waals surface area contributed by atoms with Crippen molar-refractivity contribution in [3.05, 3.63) is 72.9 Å². The van der Waals surface area contributed by atoms with Gasteiger partial charge in [-0.05, 0) is 26.0 Å². The average Bonchev–Trinajstić information content (AvgIpc) is 3.03. The Morgan fingerprint density at radius 3 is 2.50 bits per heavy atom. The van der Waals surface area contributed by atoms with Crippen molar-refractivity contribution in [2.24, 2.45) is 0 Å². The molecule has 0 amide bonds. The molecule has 158 valence electrons. The van der Waals surface area contributed by atoms with Gasteiger partial charge < -0.3 is 14.9 Å². The van der Waals surface area contributed by atoms with Crippen LogP contribution in [0, 0.1) is 12.1 Å². The number of carboxylic acid groups (broad SMARTS) is 1. The van der Waals surface area contributed by atoms with E-state index in [-0.39, 0.29) is 28.5 Å². The van der Waals surface area contributed by atoms with Gasteiger partial charge in [0, 0.05) is 23.9 Å². The van der Waals surface area contributed by atoms with Gasteiger partial charge in [0.2, 0.25) is 5.69 Å². The summed E-state index contributed by atoms with van der Waals surface area (Å²) in [4.78, 5) is 24.6. The van der Waals surface area contributed by atoms with Crippen molar-refractivity contribution in [1.82, 2.24) is 14.3 Å². The monoisotopic (exact) mass is 452 g/mol. The normalized spacial score (nSPS) is 12.2. The topological polar surface area (TPSA) is 125 Å². The maximum absolute atomic E-state index is 12.7. The minimum atomic E-state index is -1.36. The largest absolute Gasteiger partial charge is 0.595 e. The number of benzene rings is 1. The Hall–Kier alpha value is -2.69. The van der Waals surface area contributed by atoms with Gasteiger partial charge in [-0.25, -0.2) is 10.0 Å². The average molecular weight is 453 g/mol. The number of halogens is 2. The number of hydrogen-bond acceptors (Lipinski definition) is 5. The van der Waals surface area contributed by atoms with Gasteiger partial charge in [0.25, 0.3) is 0 Å². The van der Waals surface area contributed by atoms with Gasteiger partial charge in [-0.15, -0.1) is 0 Å². The van der Waals surface area contributed by atoms with E-state index in [0.29, 0.717) is 28.5 Å². The molecule has 1 aromatic carbocycles. The first-order valence-electron chi connectivity index (χ1n) is 8.86. The number of rotatable bonds is 6. The fourth-order valence-electron chi connectivity index (χ4n) is 3.31. The van der Waals surface area contributed by atoms with E-state index in [2.05, 4.69) is 5.10 Å². The first kappa shape index (κ1) is 22.0. The van der Waals surface area contributed by atoms with Crippen LogP contribution in [0.1, 0.15) is 28.7 Å². The Morgan fingerprint density at radius 1 is 1.27 bits per heavy atom. The second-order valence-corrected chi connectivity index (χ2v) is 7.32. The maximum atomic E-state index is 12.7. The first-order valence-corrected chi connectivity index (χ1v) is 9.62. The summed E-state index contributed by atoms with van der Waals surface area (Å²) in [6.45, 7) is 3.84. The third kappa shape index (κ3) is 3.98. The third-order valence-corrected chi connectivity index (χ3v) is 5.51. The van der Waals surface area contributed by atoms with Crippen molar-refractivity contribution in [2.45, 2.75) is 26.9 Å². The van der Waals surface area contributed by atoms with E-state index in [9.17, 15) is 25.1 Å². The molecule has 2 heterocycles. The van der Waals surface area contributed by atoms with E-state index in [1.165, 1.54) is 29.1 Å². The molecular formula is C19H18Cl2N4O5. The molecule has 0 aliphatic heterocycles. The van der Waals surface area contributed by atoms with Crippen LogP contribution in [-0.2, 0) is 13.1 Å². The van der Waals surface area contributed by atoms with Crippen LogP contribution in [0.2, 0.25) is 10.0 Å². The van der Waals surface area contributed by atoms with Crippen LogP contribution < -0.4 is 10.7 Å². The van der Waals surface area contributed by atoms with Crippen LogP contribution in [0.25, 0.3) is 11.3 Å². The van der Waals surface area contributed by atoms with Crippen LogP contribution in [-0.4, -0.2) is 30.6 Å². The molecule has 3 aromatic rings. The molecule has 30 heavy (non-hydrogen) atoms. The molecule has 2 aromatic heterocycles. The minimum absolute atomic E-state index is 0.0484. The molecule has 3 N–H and O–H groups in total. The lowest BCUT2D eigenvalue weighted by atomic mass is 10.0. The lowest BCUT2D eigenvalue weighted by Gasteiger charge is -2.20. The lowest BCUT2D eigenvalue weighted by Crippen LogP contribution is -2.99. The number of carbonyl (C=O) groups is 1. The summed E-state index contributed by atoms with van der Waals surface area (Å²) >= 11 is 12.1. The zero-order valence-electron chi connectivity index (χ0n) is 16.0. The molecule has 1 atom stereocenters. The fraction of sp³-hybridized carbons (Fsp3) is 0.211. The Morgan fingerprint density at radius 2 is 1.97 bits per heavy atom. The number of nitrogens with one attached hydrogen (secondary N) is 1. The SMILES string of the molecule is CCn1c(Cn2ncc([NH+]([O-])O)c2C)cc(=O)c(C(=O)O)c1-c1ccc(Cl)c(Cl)c1. The first-order chi connectivity index (χ1) is 14.1. The molecular weight excluding hydrogens is 435 g/mol. The molecule has 1 unspecified atom stereocenters. The van der Waals surface area contributed by atoms with Gasteiger partial charge in [-0.2, -0.15) is 10.3 Å². The van der Waals surface area contributed by atoms with Crippen molar-refractivity contribution < 1.29 is 20.3 Å². The van der Waals surface area contributed by atoms with Crippen LogP contribution in [0.5, 0.6) is 0 Å². The third-order valence-electron chi connectivity index (χ3n) is 4.77. The highest BCUT2D eigenvalue weighted by Gasteiger charge is 2.23. The fourth-order valence-corrected chi connectivity index (χ4v) is 3.61. The van der Waals surface area contributed by atoms with Gasteiger partial charge >= 0.3 is 5.97 Å². The highest BCUT2D eigenvalue weighted by molar-refractivity contribution is 6.42. The van der Waals surface area contributed by atoms with Crippen molar-refractivity contribution in [3.63, 3.8) is 0 Å². The molecule has 9 nitrogen and oxygen atoms in total. The second kappa shape index (κ2) is 8.58. The Bertz CT molecular complexity index is 1190. The van der Waals surface area contributed by atoms with E-state index < -0.39 is 16.6 Å². The summed E-state index contributed by atoms with van der Waals surface area (Å²) < 4.78 is 3.12. The number of nitrogens with zero attached hydrogens (tertiary/aromatic N) is 3. The highest BCUT2D eigenvalue weighted by atomic mass is 35.5. The summed E-state index contributed by atoms with van der Waals surface area (Å²) in [5, 5.41) is 33.7. The smallest absolute Gasteiger partial charge is 0.341 e. The van der Waals surface area contributed by atoms with Gasteiger partial charge in [0.05, 0.1) is 28.0 Å². The summed E-state index contributed by atoms with van der Waals surface area (Å²) in [5.74, 6) is -1.36. The maximum Gasteiger partial charge on any atom is 0.341 e. The van der Waals surface area contributed by atoms with Crippen molar-refractivity contribution in [1.29, 1.82) is 0 Å². The molecule has 0 spiro atoms. The van der Waals surface area contributed by atoms with Crippen molar-refractivity contribution in [2.75, 3.05) is 0 Å². The minimum Gasteiger partial charge on any atom is -0.595 e. The van der Waals surface area contributed by atoms with E-state index in [1.54, 1.807) is 24.5 Å². The zero-order chi connectivity index (χ0) is 22.2. The molecule has 3 rings (SSSR count).